The average Bonchev–Trinajstić information content (AvgIpc) is 3.29. The Kier molecular flexibility index (Phi) is 5.82. The number of likely N-dealkylation sites (N-methyl/N-ethyl adjacent to an activating group) is 1. The van der Waals surface area contributed by atoms with E-state index >= 15 is 0 Å². The molecule has 1 fully saturated rings. The van der Waals surface area contributed by atoms with Gasteiger partial charge >= 0.3 is 0 Å². The molecule has 0 spiro atoms. The van der Waals surface area contributed by atoms with Crippen LogP contribution in [0.2, 0.25) is 5.02 Å². The molecule has 116 valence electrons. The van der Waals surface area contributed by atoms with Crippen molar-refractivity contribution in [1.29, 1.82) is 0 Å². The van der Waals surface area contributed by atoms with E-state index < -0.39 is 0 Å². The van der Waals surface area contributed by atoms with Crippen molar-refractivity contribution in [2.75, 3.05) is 38.7 Å². The normalized spacial score (nSPS) is 14.0. The Balaban J connectivity index is 1.83. The maximum atomic E-state index is 12.3. The lowest BCUT2D eigenvalue weighted by Crippen LogP contribution is -2.30. The second-order valence-electron chi connectivity index (χ2n) is 5.33. The minimum absolute atomic E-state index is 0.0949. The highest BCUT2D eigenvalue weighted by Crippen LogP contribution is 2.28. The Labute approximate surface area is 130 Å². The van der Waals surface area contributed by atoms with Crippen molar-refractivity contribution in [3.63, 3.8) is 0 Å². The number of hydrogen-bond acceptors (Lipinski definition) is 4. The van der Waals surface area contributed by atoms with Crippen molar-refractivity contribution in [2.24, 2.45) is 5.92 Å². The molecule has 0 aromatic carbocycles. The van der Waals surface area contributed by atoms with Crippen LogP contribution in [0.25, 0.3) is 0 Å². The summed E-state index contributed by atoms with van der Waals surface area (Å²) in [5.41, 5.74) is 0.492. The number of ether oxygens (including phenoxy) is 1. The molecule has 0 bridgehead atoms. The fourth-order valence-corrected chi connectivity index (χ4v) is 2.14. The van der Waals surface area contributed by atoms with E-state index in [9.17, 15) is 4.79 Å². The number of rotatable bonds is 8. The van der Waals surface area contributed by atoms with Crippen molar-refractivity contribution in [1.82, 2.24) is 9.88 Å². The van der Waals surface area contributed by atoms with Crippen LogP contribution >= 0.6 is 11.6 Å². The van der Waals surface area contributed by atoms with Gasteiger partial charge in [-0.15, -0.1) is 0 Å². The molecule has 0 saturated heterocycles. The molecule has 1 aromatic rings. The van der Waals surface area contributed by atoms with Crippen LogP contribution in [0.3, 0.4) is 0 Å². The van der Waals surface area contributed by atoms with Crippen molar-refractivity contribution >= 4 is 23.3 Å². The Morgan fingerprint density at radius 3 is 2.95 bits per heavy atom. The van der Waals surface area contributed by atoms with E-state index in [2.05, 4.69) is 10.3 Å². The molecule has 5 nitrogen and oxygen atoms in total. The maximum Gasteiger partial charge on any atom is 0.255 e. The zero-order valence-electron chi connectivity index (χ0n) is 12.6. The van der Waals surface area contributed by atoms with Crippen molar-refractivity contribution in [3.8, 4) is 0 Å². The van der Waals surface area contributed by atoms with Gasteiger partial charge in [-0.2, -0.15) is 0 Å². The monoisotopic (exact) mass is 311 g/mol. The summed E-state index contributed by atoms with van der Waals surface area (Å²) in [5.74, 6) is 1.25. The van der Waals surface area contributed by atoms with Gasteiger partial charge in [0.05, 0.1) is 17.2 Å². The van der Waals surface area contributed by atoms with E-state index in [4.69, 9.17) is 16.3 Å². The zero-order chi connectivity index (χ0) is 15.2. The van der Waals surface area contributed by atoms with Crippen LogP contribution in [-0.2, 0) is 4.74 Å². The molecule has 1 N–H and O–H groups in total. The molecular formula is C15H22ClN3O2. The summed E-state index contributed by atoms with van der Waals surface area (Å²) in [4.78, 5) is 18.1. The van der Waals surface area contributed by atoms with E-state index in [1.807, 2.05) is 6.92 Å². The summed E-state index contributed by atoms with van der Waals surface area (Å²) in [7, 11) is 1.76. The molecule has 1 aliphatic rings. The Bertz CT molecular complexity index is 492. The van der Waals surface area contributed by atoms with E-state index in [0.717, 1.165) is 19.1 Å². The number of carbonyl (C=O) groups is 1. The van der Waals surface area contributed by atoms with Crippen molar-refractivity contribution < 1.29 is 9.53 Å². The second-order valence-corrected chi connectivity index (χ2v) is 5.74. The largest absolute Gasteiger partial charge is 0.379 e. The maximum absolute atomic E-state index is 12.3. The Hall–Kier alpha value is -1.33. The molecule has 1 amide bonds. The summed E-state index contributed by atoms with van der Waals surface area (Å²) in [6.07, 6.45) is 4.10. The van der Waals surface area contributed by atoms with E-state index in [0.29, 0.717) is 29.6 Å². The van der Waals surface area contributed by atoms with E-state index in [1.54, 1.807) is 24.2 Å². The highest BCUT2D eigenvalue weighted by molar-refractivity contribution is 6.33. The van der Waals surface area contributed by atoms with Gasteiger partial charge in [0, 0.05) is 32.9 Å². The summed E-state index contributed by atoms with van der Waals surface area (Å²) >= 11 is 6.11. The number of hydrogen-bond donors (Lipinski definition) is 1. The molecule has 2 rings (SSSR count). The molecule has 0 aliphatic heterocycles. The first kappa shape index (κ1) is 16.0. The van der Waals surface area contributed by atoms with Crippen LogP contribution in [0.5, 0.6) is 0 Å². The van der Waals surface area contributed by atoms with Gasteiger partial charge in [0.1, 0.15) is 5.82 Å². The van der Waals surface area contributed by atoms with Gasteiger partial charge in [0.2, 0.25) is 0 Å². The predicted molar refractivity (Wildman–Crippen MR) is 83.9 cm³/mol. The number of nitrogens with one attached hydrogen (secondary N) is 1. The van der Waals surface area contributed by atoms with Crippen LogP contribution in [0, 0.1) is 5.92 Å². The summed E-state index contributed by atoms with van der Waals surface area (Å²) in [6.45, 7) is 4.64. The number of carbonyl (C=O) groups excluding carboxylic acids is 1. The summed E-state index contributed by atoms with van der Waals surface area (Å²) < 4.78 is 5.54. The van der Waals surface area contributed by atoms with E-state index in [-0.39, 0.29) is 5.91 Å². The van der Waals surface area contributed by atoms with E-state index in [1.165, 1.54) is 12.8 Å². The Morgan fingerprint density at radius 1 is 1.57 bits per heavy atom. The lowest BCUT2D eigenvalue weighted by molar-refractivity contribution is 0.0681. The van der Waals surface area contributed by atoms with Crippen LogP contribution < -0.4 is 5.32 Å². The average molecular weight is 312 g/mol. The third kappa shape index (κ3) is 4.86. The lowest BCUT2D eigenvalue weighted by Gasteiger charge is -2.17. The van der Waals surface area contributed by atoms with Gasteiger partial charge in [0.15, 0.2) is 0 Å². The molecule has 0 radical (unpaired) electrons. The molecule has 0 atom stereocenters. The Morgan fingerprint density at radius 2 is 2.33 bits per heavy atom. The van der Waals surface area contributed by atoms with Crippen LogP contribution in [0.4, 0.5) is 5.82 Å². The quantitative estimate of drug-likeness (QED) is 0.750. The topological polar surface area (TPSA) is 54.5 Å². The molecule has 1 aliphatic carbocycles. The van der Waals surface area contributed by atoms with Crippen LogP contribution in [0.15, 0.2) is 12.3 Å². The number of anilines is 1. The highest BCUT2D eigenvalue weighted by Gasteiger charge is 2.21. The molecule has 1 heterocycles. The number of halogens is 1. The van der Waals surface area contributed by atoms with Crippen LogP contribution in [0.1, 0.15) is 30.1 Å². The third-order valence-electron chi connectivity index (χ3n) is 3.40. The number of nitrogens with zero attached hydrogens (tertiary/aromatic N) is 2. The molecule has 0 unspecified atom stereocenters. The number of aromatic nitrogens is 1. The molecule has 1 saturated carbocycles. The second kappa shape index (κ2) is 7.61. The van der Waals surface area contributed by atoms with Crippen molar-refractivity contribution in [3.05, 3.63) is 22.8 Å². The predicted octanol–water partition coefficient (Wildman–Crippen LogP) is 2.67. The first-order valence-electron chi connectivity index (χ1n) is 7.34. The van der Waals surface area contributed by atoms with Gasteiger partial charge in [-0.25, -0.2) is 4.98 Å². The molecule has 1 aromatic heterocycles. The van der Waals surface area contributed by atoms with Crippen LogP contribution in [-0.4, -0.2) is 49.1 Å². The summed E-state index contributed by atoms with van der Waals surface area (Å²) in [5, 5.41) is 3.50. The molecule has 21 heavy (non-hydrogen) atoms. The first-order chi connectivity index (χ1) is 10.1. The lowest BCUT2D eigenvalue weighted by atomic mass is 10.2. The van der Waals surface area contributed by atoms with Gasteiger partial charge < -0.3 is 15.0 Å². The molecule has 6 heteroatoms. The van der Waals surface area contributed by atoms with Gasteiger partial charge in [-0.1, -0.05) is 11.6 Å². The smallest absolute Gasteiger partial charge is 0.255 e. The van der Waals surface area contributed by atoms with Gasteiger partial charge in [-0.05, 0) is 31.7 Å². The SMILES string of the molecule is CCNc1ncc(C(=O)N(C)CCOCC2CC2)cc1Cl. The summed E-state index contributed by atoms with van der Waals surface area (Å²) in [6, 6.07) is 1.65. The fourth-order valence-electron chi connectivity index (χ4n) is 1.91. The number of amides is 1. The molecular weight excluding hydrogens is 290 g/mol. The van der Waals surface area contributed by atoms with Gasteiger partial charge in [0.25, 0.3) is 5.91 Å². The zero-order valence-corrected chi connectivity index (χ0v) is 13.3. The third-order valence-corrected chi connectivity index (χ3v) is 3.69. The van der Waals surface area contributed by atoms with Crippen molar-refractivity contribution in [2.45, 2.75) is 19.8 Å². The van der Waals surface area contributed by atoms with Gasteiger partial charge in [-0.3, -0.25) is 4.79 Å². The minimum Gasteiger partial charge on any atom is -0.379 e. The standard InChI is InChI=1S/C15H22ClN3O2/c1-3-17-14-13(16)8-12(9-18-14)15(20)19(2)6-7-21-10-11-4-5-11/h8-9,11H,3-7,10H2,1-2H3,(H,17,18). The number of pyridine rings is 1. The first-order valence-corrected chi connectivity index (χ1v) is 7.72. The fraction of sp³-hybridized carbons (Fsp3) is 0.600. The minimum atomic E-state index is -0.0949. The highest BCUT2D eigenvalue weighted by atomic mass is 35.5.